The van der Waals surface area contributed by atoms with E-state index in [2.05, 4.69) is 5.32 Å². The number of carbonyl (C=O) groups excluding carboxylic acids is 3. The quantitative estimate of drug-likeness (QED) is 0.286. The number of thiophene rings is 1. The van der Waals surface area contributed by atoms with Crippen LogP contribution in [0.25, 0.3) is 0 Å². The molecule has 1 aromatic heterocycles. The molecule has 1 heterocycles. The Morgan fingerprint density at radius 3 is 2.69 bits per heavy atom. The van der Waals surface area contributed by atoms with Crippen molar-refractivity contribution in [2.45, 2.75) is 19.0 Å². The van der Waals surface area contributed by atoms with Gasteiger partial charge in [-0.25, -0.2) is 4.79 Å². The number of esters is 1. The molecule has 1 N–H and O–H groups in total. The Morgan fingerprint density at radius 2 is 2.06 bits per heavy atom. The van der Waals surface area contributed by atoms with Gasteiger partial charge in [0.1, 0.15) is 6.04 Å². The SMILES string of the molecule is CSCCC(NC(=O)c1cccc([N+](=O)[O-])c1)C(=O)OCC(=O)N(C)Cc1ccc(Cl)s1. The second-order valence-corrected chi connectivity index (χ2v) is 9.46. The number of nitro groups is 1. The predicted molar refractivity (Wildman–Crippen MR) is 124 cm³/mol. The first-order chi connectivity index (χ1) is 15.2. The molecule has 2 aromatic rings. The molecule has 1 unspecified atom stereocenters. The highest BCUT2D eigenvalue weighted by Crippen LogP contribution is 2.22. The van der Waals surface area contributed by atoms with Gasteiger partial charge in [0.25, 0.3) is 17.5 Å². The van der Waals surface area contributed by atoms with E-state index in [0.29, 0.717) is 16.6 Å². The zero-order valence-corrected chi connectivity index (χ0v) is 19.8. The summed E-state index contributed by atoms with van der Waals surface area (Å²) in [6.45, 7) is -0.149. The number of carbonyl (C=O) groups is 3. The summed E-state index contributed by atoms with van der Waals surface area (Å²) in [5.74, 6) is -1.24. The second-order valence-electron chi connectivity index (χ2n) is 6.68. The fourth-order valence-corrected chi connectivity index (χ4v) is 4.20. The van der Waals surface area contributed by atoms with Gasteiger partial charge in [-0.05, 0) is 36.6 Å². The highest BCUT2D eigenvalue weighted by atomic mass is 35.5. The van der Waals surface area contributed by atoms with Crippen molar-refractivity contribution in [3.8, 4) is 0 Å². The highest BCUT2D eigenvalue weighted by Gasteiger charge is 2.24. The molecular formula is C20H22ClN3O6S2. The van der Waals surface area contributed by atoms with Crippen LogP contribution in [0.2, 0.25) is 4.34 Å². The van der Waals surface area contributed by atoms with Gasteiger partial charge in [0.15, 0.2) is 6.61 Å². The van der Waals surface area contributed by atoms with Gasteiger partial charge in [-0.3, -0.25) is 19.7 Å². The Bertz CT molecular complexity index is 984. The van der Waals surface area contributed by atoms with Crippen molar-refractivity contribution in [2.24, 2.45) is 0 Å². The number of nitrogens with one attached hydrogen (secondary N) is 1. The third-order valence-electron chi connectivity index (χ3n) is 4.31. The Morgan fingerprint density at radius 1 is 1.31 bits per heavy atom. The van der Waals surface area contributed by atoms with Gasteiger partial charge in [0.05, 0.1) is 15.8 Å². The Hall–Kier alpha value is -2.63. The van der Waals surface area contributed by atoms with Gasteiger partial charge in [-0.15, -0.1) is 11.3 Å². The molecule has 0 aliphatic carbocycles. The Balaban J connectivity index is 1.96. The van der Waals surface area contributed by atoms with Crippen molar-refractivity contribution in [1.82, 2.24) is 10.2 Å². The zero-order chi connectivity index (χ0) is 23.7. The van der Waals surface area contributed by atoms with E-state index in [1.54, 1.807) is 13.1 Å². The number of benzene rings is 1. The van der Waals surface area contributed by atoms with E-state index in [-0.39, 0.29) is 17.7 Å². The Labute approximate surface area is 198 Å². The normalized spacial score (nSPS) is 11.5. The monoisotopic (exact) mass is 499 g/mol. The molecule has 2 amide bonds. The summed E-state index contributed by atoms with van der Waals surface area (Å²) in [6, 6.07) is 7.74. The van der Waals surface area contributed by atoms with Gasteiger partial charge >= 0.3 is 5.97 Å². The van der Waals surface area contributed by atoms with Gasteiger partial charge in [-0.1, -0.05) is 17.7 Å². The van der Waals surface area contributed by atoms with Crippen LogP contribution in [-0.4, -0.2) is 59.3 Å². The number of thioether (sulfide) groups is 1. The van der Waals surface area contributed by atoms with Crippen molar-refractivity contribution in [2.75, 3.05) is 25.7 Å². The lowest BCUT2D eigenvalue weighted by Gasteiger charge is -2.19. The first-order valence-corrected chi connectivity index (χ1v) is 12.0. The standard InChI is InChI=1S/C20H22ClN3O6S2/c1-23(11-15-6-7-17(21)32-15)18(25)12-30-20(27)16(8-9-31-2)22-19(26)13-4-3-5-14(10-13)24(28)29/h3-7,10,16H,8-9,11-12H2,1-2H3,(H,22,26). The lowest BCUT2D eigenvalue weighted by atomic mass is 10.1. The minimum absolute atomic E-state index is 0.0477. The maximum Gasteiger partial charge on any atom is 0.329 e. The van der Waals surface area contributed by atoms with Crippen LogP contribution in [0.1, 0.15) is 21.7 Å². The van der Waals surface area contributed by atoms with Crippen LogP contribution in [-0.2, 0) is 20.9 Å². The van der Waals surface area contributed by atoms with Gasteiger partial charge in [0.2, 0.25) is 0 Å². The average Bonchev–Trinajstić information content (AvgIpc) is 3.18. The summed E-state index contributed by atoms with van der Waals surface area (Å²) in [7, 11) is 1.58. The van der Waals surface area contributed by atoms with Crippen LogP contribution in [0, 0.1) is 10.1 Å². The summed E-state index contributed by atoms with van der Waals surface area (Å²) < 4.78 is 5.76. The lowest BCUT2D eigenvalue weighted by molar-refractivity contribution is -0.384. The lowest BCUT2D eigenvalue weighted by Crippen LogP contribution is -2.43. The van der Waals surface area contributed by atoms with E-state index in [4.69, 9.17) is 16.3 Å². The maximum atomic E-state index is 12.5. The van der Waals surface area contributed by atoms with Crippen LogP contribution >= 0.6 is 34.7 Å². The van der Waals surface area contributed by atoms with E-state index < -0.39 is 35.4 Å². The first-order valence-electron chi connectivity index (χ1n) is 9.40. The molecule has 0 radical (unpaired) electrons. The number of likely N-dealkylation sites (N-methyl/N-ethyl adjacent to an activating group) is 1. The molecule has 12 heteroatoms. The number of hydrogen-bond acceptors (Lipinski definition) is 8. The second kappa shape index (κ2) is 12.4. The topological polar surface area (TPSA) is 119 Å². The molecule has 1 atom stereocenters. The number of nitro benzene ring substituents is 1. The van der Waals surface area contributed by atoms with Crippen molar-refractivity contribution in [3.05, 3.63) is 61.3 Å². The van der Waals surface area contributed by atoms with Crippen LogP contribution in [0.3, 0.4) is 0 Å². The maximum absolute atomic E-state index is 12.5. The van der Waals surface area contributed by atoms with Crippen LogP contribution < -0.4 is 5.32 Å². The molecule has 0 bridgehead atoms. The number of amides is 2. The number of non-ortho nitro benzene ring substituents is 1. The molecule has 9 nitrogen and oxygen atoms in total. The van der Waals surface area contributed by atoms with Crippen molar-refractivity contribution >= 4 is 58.2 Å². The average molecular weight is 500 g/mol. The van der Waals surface area contributed by atoms with E-state index >= 15 is 0 Å². The predicted octanol–water partition coefficient (Wildman–Crippen LogP) is 3.36. The van der Waals surface area contributed by atoms with Gasteiger partial charge in [0, 0.05) is 29.6 Å². The third kappa shape index (κ3) is 7.81. The fourth-order valence-electron chi connectivity index (χ4n) is 2.59. The smallest absolute Gasteiger partial charge is 0.329 e. The molecule has 0 aliphatic rings. The van der Waals surface area contributed by atoms with Crippen LogP contribution in [0.4, 0.5) is 5.69 Å². The summed E-state index contributed by atoms with van der Waals surface area (Å²) in [5.41, 5.74) is -0.187. The molecule has 1 aromatic carbocycles. The highest BCUT2D eigenvalue weighted by molar-refractivity contribution is 7.98. The fraction of sp³-hybridized carbons (Fsp3) is 0.350. The molecule has 0 saturated carbocycles. The molecule has 0 spiro atoms. The van der Waals surface area contributed by atoms with E-state index in [1.807, 2.05) is 12.3 Å². The van der Waals surface area contributed by atoms with Crippen molar-refractivity contribution in [1.29, 1.82) is 0 Å². The molecule has 0 fully saturated rings. The molecule has 32 heavy (non-hydrogen) atoms. The third-order valence-corrected chi connectivity index (χ3v) is 6.17. The summed E-state index contributed by atoms with van der Waals surface area (Å²) in [4.78, 5) is 50.0. The van der Waals surface area contributed by atoms with E-state index in [1.165, 1.54) is 46.2 Å². The first kappa shape index (κ1) is 25.6. The van der Waals surface area contributed by atoms with Crippen molar-refractivity contribution in [3.63, 3.8) is 0 Å². The summed E-state index contributed by atoms with van der Waals surface area (Å²) in [6.07, 6.45) is 2.12. The minimum atomic E-state index is -0.997. The van der Waals surface area contributed by atoms with Crippen LogP contribution in [0.5, 0.6) is 0 Å². The largest absolute Gasteiger partial charge is 0.454 e. The van der Waals surface area contributed by atoms with E-state index in [9.17, 15) is 24.5 Å². The zero-order valence-electron chi connectivity index (χ0n) is 17.4. The van der Waals surface area contributed by atoms with Gasteiger partial charge < -0.3 is 15.0 Å². The summed E-state index contributed by atoms with van der Waals surface area (Å²) in [5, 5.41) is 13.5. The van der Waals surface area contributed by atoms with Crippen LogP contribution in [0.15, 0.2) is 36.4 Å². The molecule has 2 rings (SSSR count). The van der Waals surface area contributed by atoms with Gasteiger partial charge in [-0.2, -0.15) is 11.8 Å². The summed E-state index contributed by atoms with van der Waals surface area (Å²) >= 11 is 8.72. The Kier molecular flexibility index (Phi) is 9.95. The number of halogens is 1. The molecular weight excluding hydrogens is 478 g/mol. The van der Waals surface area contributed by atoms with E-state index in [0.717, 1.165) is 10.9 Å². The molecule has 0 saturated heterocycles. The number of nitrogens with zero attached hydrogens (tertiary/aromatic N) is 2. The molecule has 0 aliphatic heterocycles. The number of hydrogen-bond donors (Lipinski definition) is 1. The van der Waals surface area contributed by atoms with Crippen molar-refractivity contribution < 1.29 is 24.0 Å². The molecule has 172 valence electrons. The number of rotatable bonds is 11. The number of ether oxygens (including phenoxy) is 1. The minimum Gasteiger partial charge on any atom is -0.454 e.